The minimum absolute atomic E-state index is 0. The molecule has 78 valence electrons. The monoisotopic (exact) mass is 196 g/mol. The summed E-state index contributed by atoms with van der Waals surface area (Å²) in [6, 6.07) is 7.09. The van der Waals surface area contributed by atoms with Crippen molar-refractivity contribution in [3.8, 4) is 5.75 Å². The van der Waals surface area contributed by atoms with Crippen molar-refractivity contribution in [3.05, 3.63) is 29.8 Å². The third-order valence-corrected chi connectivity index (χ3v) is 1.03. The summed E-state index contributed by atoms with van der Waals surface area (Å²) in [5, 5.41) is 8.76. The average molecular weight is 196 g/mol. The maximum absolute atomic E-state index is 8.76. The van der Waals surface area contributed by atoms with Crippen LogP contribution in [0.2, 0.25) is 0 Å². The molecule has 0 heterocycles. The van der Waals surface area contributed by atoms with Gasteiger partial charge in [-0.1, -0.05) is 31.5 Å². The number of aromatic hydroxyl groups is 1. The quantitative estimate of drug-likeness (QED) is 0.670. The van der Waals surface area contributed by atoms with E-state index in [4.69, 9.17) is 14.3 Å². The van der Waals surface area contributed by atoms with Gasteiger partial charge in [0.05, 0.1) is 0 Å². The van der Waals surface area contributed by atoms with Gasteiger partial charge in [-0.15, -0.1) is 0 Å². The second-order valence-electron chi connectivity index (χ2n) is 1.84. The Balaban J connectivity index is -0.000000178. The van der Waals surface area contributed by atoms with Crippen molar-refractivity contribution in [3.63, 3.8) is 0 Å². The number of aryl methyl sites for hydroxylation is 1. The minimum Gasteiger partial charge on any atom is -0.508 e. The van der Waals surface area contributed by atoms with E-state index in [0.29, 0.717) is 5.75 Å². The summed E-state index contributed by atoms with van der Waals surface area (Å²) < 4.78 is 16.0. The molecule has 1 nitrogen and oxygen atoms in total. The Morgan fingerprint density at radius 2 is 1.31 bits per heavy atom. The van der Waals surface area contributed by atoms with Crippen LogP contribution < -0.4 is 0 Å². The van der Waals surface area contributed by atoms with Gasteiger partial charge in [-0.3, -0.25) is 4.70 Å². The Hall–Kier alpha value is -1.19. The molecule has 0 saturated heterocycles. The summed E-state index contributed by atoms with van der Waals surface area (Å²) in [4.78, 5) is 0. The van der Waals surface area contributed by atoms with Crippen LogP contribution in [0.4, 0.5) is 13.9 Å². The van der Waals surface area contributed by atoms with Crippen LogP contribution in [0, 0.1) is 6.92 Å². The zero-order valence-corrected chi connectivity index (χ0v) is 7.92. The molecule has 1 aromatic rings. The molecule has 0 aliphatic heterocycles. The van der Waals surface area contributed by atoms with Gasteiger partial charge in [0.25, 0.3) is 0 Å². The third kappa shape index (κ3) is 10.8. The van der Waals surface area contributed by atoms with Crippen molar-refractivity contribution in [2.24, 2.45) is 0 Å². The molecule has 0 saturated carbocycles. The number of rotatable bonds is 0. The average Bonchev–Trinajstić information content (AvgIpc) is 2.17. The number of benzene rings is 1. The highest BCUT2D eigenvalue weighted by Gasteiger charge is 1.82. The van der Waals surface area contributed by atoms with E-state index in [0.717, 1.165) is 0 Å². The molecule has 0 aromatic heterocycles. The molecule has 0 aliphatic rings. The van der Waals surface area contributed by atoms with Crippen molar-refractivity contribution in [1.82, 2.24) is 0 Å². The largest absolute Gasteiger partial charge is 0.508 e. The van der Waals surface area contributed by atoms with Crippen molar-refractivity contribution in [2.45, 2.75) is 20.8 Å². The van der Waals surface area contributed by atoms with E-state index in [1.54, 1.807) is 12.1 Å². The molecule has 0 unspecified atom stereocenters. The van der Waals surface area contributed by atoms with Crippen molar-refractivity contribution in [1.29, 1.82) is 0 Å². The molecule has 0 atom stereocenters. The first-order valence-electron chi connectivity index (χ1n) is 3.69. The number of halogens is 3. The van der Waals surface area contributed by atoms with Gasteiger partial charge in [-0.05, 0) is 19.1 Å². The zero-order valence-electron chi connectivity index (χ0n) is 7.92. The van der Waals surface area contributed by atoms with Gasteiger partial charge in [-0.25, -0.2) is 0 Å². The summed E-state index contributed by atoms with van der Waals surface area (Å²) in [5.74, 6) is 0.329. The van der Waals surface area contributed by atoms with Crippen LogP contribution in [0.15, 0.2) is 24.3 Å². The predicted octanol–water partition coefficient (Wildman–Crippen LogP) is 3.72. The smallest absolute Gasteiger partial charge is 0.115 e. The number of hydrogen-bond donors (Lipinski definition) is 1. The van der Waals surface area contributed by atoms with Gasteiger partial charge >= 0.3 is 0 Å². The molecule has 1 N–H and O–H groups in total. The Kier molecular flexibility index (Phi) is 18.3. The summed E-state index contributed by atoms with van der Waals surface area (Å²) in [7, 11) is 0. The number of hydrogen-bond acceptors (Lipinski definition) is 1. The first-order chi connectivity index (χ1) is 5.79. The second-order valence-corrected chi connectivity index (χ2v) is 1.84. The highest BCUT2D eigenvalue weighted by atomic mass is 20.0. The molecule has 0 fully saturated rings. The van der Waals surface area contributed by atoms with E-state index >= 15 is 0 Å². The summed E-state index contributed by atoms with van der Waals surface area (Å²) >= 11 is 0. The highest BCUT2D eigenvalue weighted by Crippen LogP contribution is 2.07. The molecule has 0 amide bonds. The summed E-state index contributed by atoms with van der Waals surface area (Å²) in [6.45, 7) is 5.99. The Labute approximate surface area is 76.3 Å². The molecule has 1 rings (SSSR count). The summed E-state index contributed by atoms with van der Waals surface area (Å²) in [5.41, 5.74) is 1.17. The van der Waals surface area contributed by atoms with Crippen LogP contribution >= 0.6 is 0 Å². The van der Waals surface area contributed by atoms with Gasteiger partial charge in [-0.2, -0.15) is 0 Å². The molecule has 1 aromatic carbocycles. The first-order valence-corrected chi connectivity index (χ1v) is 3.69. The fourth-order valence-electron chi connectivity index (χ4n) is 0.545. The fraction of sp³-hybridized carbons (Fsp3) is 0.333. The fourth-order valence-corrected chi connectivity index (χ4v) is 0.545. The van der Waals surface area contributed by atoms with Crippen molar-refractivity contribution in [2.75, 3.05) is 0 Å². The maximum atomic E-state index is 8.76. The van der Waals surface area contributed by atoms with Gasteiger partial charge in [0.15, 0.2) is 0 Å². The minimum atomic E-state index is 0. The van der Waals surface area contributed by atoms with Crippen LogP contribution in [0.3, 0.4) is 0 Å². The lowest BCUT2D eigenvalue weighted by Crippen LogP contribution is -1.66. The number of phenols is 1. The molecule has 4 heteroatoms. The van der Waals surface area contributed by atoms with E-state index in [-0.39, 0.29) is 4.70 Å². The lowest BCUT2D eigenvalue weighted by atomic mass is 10.2. The lowest BCUT2D eigenvalue weighted by molar-refractivity contribution is 0.108. The van der Waals surface area contributed by atoms with E-state index in [1.165, 1.54) is 5.56 Å². The van der Waals surface area contributed by atoms with Gasteiger partial charge in [0, 0.05) is 9.15 Å². The maximum Gasteiger partial charge on any atom is 0.115 e. The molecular formula is C9H15F3O. The summed E-state index contributed by atoms with van der Waals surface area (Å²) in [6.07, 6.45) is 0. The van der Waals surface area contributed by atoms with Crippen LogP contribution in [-0.2, 0) is 0 Å². The first kappa shape index (κ1) is 17.8. The van der Waals surface area contributed by atoms with Crippen LogP contribution in [0.5, 0.6) is 5.75 Å². The van der Waals surface area contributed by atoms with E-state index in [9.17, 15) is 0 Å². The molecule has 0 spiro atoms. The van der Waals surface area contributed by atoms with Crippen molar-refractivity contribution < 1.29 is 19.0 Å². The highest BCUT2D eigenvalue weighted by molar-refractivity contribution is 5.24. The Morgan fingerprint density at radius 3 is 1.54 bits per heavy atom. The van der Waals surface area contributed by atoms with Crippen LogP contribution in [-0.4, -0.2) is 5.11 Å². The molecule has 0 bridgehead atoms. The Bertz CT molecular complexity index is 154. The van der Waals surface area contributed by atoms with E-state index in [2.05, 4.69) is 0 Å². The van der Waals surface area contributed by atoms with E-state index < -0.39 is 0 Å². The standard InChI is InChI=1S/C7H8O.C2H6.F2.FH/c1-6-2-4-7(8)5-3-6;2*1-2;/h2-5,8H,1H3;1-2H3;;1H. The molecular weight excluding hydrogens is 181 g/mol. The topological polar surface area (TPSA) is 20.2 Å². The number of phenolic OH excluding ortho intramolecular Hbond substituents is 1. The predicted molar refractivity (Wildman–Crippen MR) is 48.9 cm³/mol. The lowest BCUT2D eigenvalue weighted by Gasteiger charge is -1.89. The van der Waals surface area contributed by atoms with Crippen LogP contribution in [0.25, 0.3) is 0 Å². The zero-order chi connectivity index (χ0) is 9.98. The van der Waals surface area contributed by atoms with E-state index in [1.807, 2.05) is 32.9 Å². The van der Waals surface area contributed by atoms with Gasteiger partial charge in [0.1, 0.15) is 5.75 Å². The van der Waals surface area contributed by atoms with Crippen molar-refractivity contribution >= 4 is 0 Å². The SMILES string of the molecule is CC.Cc1ccc(O)cc1.F.FF. The second kappa shape index (κ2) is 13.4. The molecule has 0 radical (unpaired) electrons. The molecule has 13 heavy (non-hydrogen) atoms. The Morgan fingerprint density at radius 1 is 1.00 bits per heavy atom. The van der Waals surface area contributed by atoms with Crippen LogP contribution in [0.1, 0.15) is 19.4 Å². The van der Waals surface area contributed by atoms with Gasteiger partial charge < -0.3 is 5.11 Å². The van der Waals surface area contributed by atoms with Gasteiger partial charge in [0.2, 0.25) is 0 Å². The molecule has 0 aliphatic carbocycles. The normalized spacial score (nSPS) is 6.54. The third-order valence-electron chi connectivity index (χ3n) is 1.03.